The molecule has 0 fully saturated rings. The highest BCUT2D eigenvalue weighted by Gasteiger charge is 1.93. The van der Waals surface area contributed by atoms with E-state index in [1.165, 1.54) is 0 Å². The molecule has 1 amide bonds. The molecule has 4 heteroatoms. The van der Waals surface area contributed by atoms with Crippen LogP contribution in [0.2, 0.25) is 0 Å². The summed E-state index contributed by atoms with van der Waals surface area (Å²) >= 11 is 0. The first-order valence-electron chi connectivity index (χ1n) is 3.29. The van der Waals surface area contributed by atoms with Crippen molar-refractivity contribution in [2.75, 3.05) is 13.2 Å². The molecule has 0 radical (unpaired) electrons. The van der Waals surface area contributed by atoms with Crippen LogP contribution < -0.4 is 5.73 Å². The number of rotatable bonds is 3. The average Bonchev–Trinajstić information content (AvgIpc) is 2.03. The lowest BCUT2D eigenvalue weighted by atomic mass is 10.2. The molecule has 0 atom stereocenters. The molecule has 0 aliphatic heterocycles. The third-order valence-corrected chi connectivity index (χ3v) is 0.875. The van der Waals surface area contributed by atoms with Gasteiger partial charge in [0.05, 0.1) is 13.2 Å². The molecule has 0 aliphatic rings. The van der Waals surface area contributed by atoms with Crippen LogP contribution in [0, 0.1) is 0 Å². The van der Waals surface area contributed by atoms with Crippen molar-refractivity contribution in [1.29, 1.82) is 0 Å². The maximum absolute atomic E-state index is 10.1. The molecule has 0 aliphatic carbocycles. The fourth-order valence-corrected chi connectivity index (χ4v) is 0.174. The minimum Gasteiger partial charge on any atom is -0.394 e. The van der Waals surface area contributed by atoms with Gasteiger partial charge in [0, 0.05) is 5.57 Å². The lowest BCUT2D eigenvalue weighted by Gasteiger charge is -1.89. The van der Waals surface area contributed by atoms with Crippen LogP contribution in [0.15, 0.2) is 12.2 Å². The Morgan fingerprint density at radius 2 is 1.82 bits per heavy atom. The van der Waals surface area contributed by atoms with Gasteiger partial charge in [-0.1, -0.05) is 13.5 Å². The Balaban J connectivity index is 0. The van der Waals surface area contributed by atoms with Crippen LogP contribution >= 0.6 is 0 Å². The number of hydrogen-bond donors (Lipinski definition) is 3. The van der Waals surface area contributed by atoms with Crippen LogP contribution in [0.25, 0.3) is 0 Å². The Bertz CT molecular complexity index is 121. The Hall–Kier alpha value is -0.870. The van der Waals surface area contributed by atoms with Crippen molar-refractivity contribution >= 4 is 5.91 Å². The molecule has 0 unspecified atom stereocenters. The minimum atomic E-state index is -0.400. The average molecular weight is 161 g/mol. The highest BCUT2D eigenvalue weighted by Crippen LogP contribution is 1.91. The summed E-state index contributed by atoms with van der Waals surface area (Å²) in [5.41, 5.74) is 5.29. The van der Waals surface area contributed by atoms with Gasteiger partial charge in [-0.15, -0.1) is 0 Å². The van der Waals surface area contributed by atoms with Crippen LogP contribution in [0.3, 0.4) is 0 Å². The van der Waals surface area contributed by atoms with Gasteiger partial charge in [-0.05, 0) is 6.42 Å². The van der Waals surface area contributed by atoms with E-state index in [4.69, 9.17) is 15.9 Å². The first-order valence-corrected chi connectivity index (χ1v) is 3.29. The summed E-state index contributed by atoms with van der Waals surface area (Å²) in [6, 6.07) is 0. The first-order chi connectivity index (χ1) is 5.09. The quantitative estimate of drug-likeness (QED) is 0.484. The largest absolute Gasteiger partial charge is 0.394 e. The summed E-state index contributed by atoms with van der Waals surface area (Å²) in [5.74, 6) is -0.400. The lowest BCUT2D eigenvalue weighted by Crippen LogP contribution is -2.11. The molecule has 0 heterocycles. The van der Waals surface area contributed by atoms with Gasteiger partial charge in [0.2, 0.25) is 5.91 Å². The van der Waals surface area contributed by atoms with E-state index < -0.39 is 5.91 Å². The lowest BCUT2D eigenvalue weighted by molar-refractivity contribution is -0.114. The summed E-state index contributed by atoms with van der Waals surface area (Å²) in [7, 11) is 0. The zero-order chi connectivity index (χ0) is 9.28. The van der Waals surface area contributed by atoms with Crippen molar-refractivity contribution < 1.29 is 15.0 Å². The van der Waals surface area contributed by atoms with Crippen molar-refractivity contribution in [2.45, 2.75) is 13.3 Å². The van der Waals surface area contributed by atoms with Crippen molar-refractivity contribution in [1.82, 2.24) is 0 Å². The maximum atomic E-state index is 10.1. The molecule has 4 N–H and O–H groups in total. The van der Waals surface area contributed by atoms with Gasteiger partial charge in [-0.3, -0.25) is 4.79 Å². The van der Waals surface area contributed by atoms with E-state index >= 15 is 0 Å². The van der Waals surface area contributed by atoms with E-state index in [-0.39, 0.29) is 13.2 Å². The van der Waals surface area contributed by atoms with Gasteiger partial charge >= 0.3 is 0 Å². The van der Waals surface area contributed by atoms with Crippen LogP contribution in [0.1, 0.15) is 13.3 Å². The number of hydrogen-bond acceptors (Lipinski definition) is 3. The summed E-state index contributed by atoms with van der Waals surface area (Å²) < 4.78 is 0. The fraction of sp³-hybridized carbons (Fsp3) is 0.571. The molecule has 0 spiro atoms. The van der Waals surface area contributed by atoms with Gasteiger partial charge in [0.1, 0.15) is 0 Å². The molecule has 11 heavy (non-hydrogen) atoms. The summed E-state index contributed by atoms with van der Waals surface area (Å²) in [4.78, 5) is 10.1. The van der Waals surface area contributed by atoms with E-state index in [2.05, 4.69) is 6.58 Å². The normalized spacial score (nSPS) is 7.91. The number of carbonyl (C=O) groups excluding carboxylic acids is 1. The summed E-state index contributed by atoms with van der Waals surface area (Å²) in [5, 5.41) is 15.2. The molecule has 0 aromatic rings. The van der Waals surface area contributed by atoms with Gasteiger partial charge < -0.3 is 15.9 Å². The molecular weight excluding hydrogens is 146 g/mol. The van der Waals surface area contributed by atoms with Crippen LogP contribution in [0.4, 0.5) is 0 Å². The zero-order valence-corrected chi connectivity index (χ0v) is 6.71. The van der Waals surface area contributed by atoms with Crippen molar-refractivity contribution in [3.63, 3.8) is 0 Å². The maximum Gasteiger partial charge on any atom is 0.244 e. The van der Waals surface area contributed by atoms with Crippen molar-refractivity contribution in [3.05, 3.63) is 12.2 Å². The predicted molar refractivity (Wildman–Crippen MR) is 42.8 cm³/mol. The third-order valence-electron chi connectivity index (χ3n) is 0.875. The second kappa shape index (κ2) is 9.13. The molecule has 0 saturated carbocycles. The first kappa shape index (κ1) is 12.8. The molecule has 0 saturated heterocycles. The van der Waals surface area contributed by atoms with Gasteiger partial charge in [-0.25, -0.2) is 0 Å². The summed E-state index contributed by atoms with van der Waals surface area (Å²) in [6.45, 7) is 4.99. The standard InChI is InChI=1S/C5H9NO.C2H6O2/c1-3-4(2)5(6)7;3-1-2-4/h2-3H2,1H3,(H2,6,7);3-4H,1-2H2. The number of nitrogens with two attached hydrogens (primary N) is 1. The summed E-state index contributed by atoms with van der Waals surface area (Å²) in [6.07, 6.45) is 0.648. The number of carbonyl (C=O) groups is 1. The Kier molecular flexibility index (Phi) is 10.6. The predicted octanol–water partition coefficient (Wildman–Crippen LogP) is -0.591. The molecule has 66 valence electrons. The number of amides is 1. The number of primary amides is 1. The van der Waals surface area contributed by atoms with Crippen LogP contribution in [0.5, 0.6) is 0 Å². The van der Waals surface area contributed by atoms with Crippen LogP contribution in [-0.4, -0.2) is 29.3 Å². The number of aliphatic hydroxyl groups is 2. The Morgan fingerprint density at radius 3 is 1.82 bits per heavy atom. The van der Waals surface area contributed by atoms with Gasteiger partial charge in [0.15, 0.2) is 0 Å². The van der Waals surface area contributed by atoms with E-state index in [9.17, 15) is 4.79 Å². The highest BCUT2D eigenvalue weighted by atomic mass is 16.3. The Labute approximate surface area is 66.3 Å². The molecule has 4 nitrogen and oxygen atoms in total. The van der Waals surface area contributed by atoms with E-state index in [1.54, 1.807) is 0 Å². The highest BCUT2D eigenvalue weighted by molar-refractivity contribution is 5.91. The van der Waals surface area contributed by atoms with Crippen LogP contribution in [-0.2, 0) is 4.79 Å². The van der Waals surface area contributed by atoms with E-state index in [0.29, 0.717) is 12.0 Å². The second-order valence-electron chi connectivity index (χ2n) is 1.77. The monoisotopic (exact) mass is 161 g/mol. The van der Waals surface area contributed by atoms with Crippen molar-refractivity contribution in [2.24, 2.45) is 5.73 Å². The molecule has 0 aromatic heterocycles. The zero-order valence-electron chi connectivity index (χ0n) is 6.71. The molecule has 0 aromatic carbocycles. The minimum absolute atomic E-state index is 0.125. The van der Waals surface area contributed by atoms with Crippen molar-refractivity contribution in [3.8, 4) is 0 Å². The third kappa shape index (κ3) is 12.4. The molecular formula is C7H15NO3. The van der Waals surface area contributed by atoms with E-state index in [1.807, 2.05) is 6.92 Å². The van der Waals surface area contributed by atoms with E-state index in [0.717, 1.165) is 0 Å². The fourth-order valence-electron chi connectivity index (χ4n) is 0.174. The SMILES string of the molecule is C=C(CC)C(N)=O.OCCO. The van der Waals surface area contributed by atoms with Gasteiger partial charge in [-0.2, -0.15) is 0 Å². The smallest absolute Gasteiger partial charge is 0.244 e. The topological polar surface area (TPSA) is 83.6 Å². The van der Waals surface area contributed by atoms with Gasteiger partial charge in [0.25, 0.3) is 0 Å². The molecule has 0 bridgehead atoms. The number of aliphatic hydroxyl groups excluding tert-OH is 2. The Morgan fingerprint density at radius 1 is 1.45 bits per heavy atom. The molecule has 0 rings (SSSR count). The second-order valence-corrected chi connectivity index (χ2v) is 1.77.